The lowest BCUT2D eigenvalue weighted by Crippen LogP contribution is -2.39. The molecule has 0 aliphatic carbocycles. The van der Waals surface area contributed by atoms with Crippen molar-refractivity contribution in [3.05, 3.63) is 24.3 Å². The van der Waals surface area contributed by atoms with Gasteiger partial charge in [-0.2, -0.15) is 0 Å². The van der Waals surface area contributed by atoms with Crippen LogP contribution in [0, 0.1) is 0 Å². The van der Waals surface area contributed by atoms with Crippen molar-refractivity contribution in [1.29, 1.82) is 0 Å². The molecule has 0 radical (unpaired) electrons. The van der Waals surface area contributed by atoms with E-state index in [1.54, 1.807) is 12.1 Å². The predicted octanol–water partition coefficient (Wildman–Crippen LogP) is 1.33. The van der Waals surface area contributed by atoms with Gasteiger partial charge in [0.05, 0.1) is 6.61 Å². The predicted molar refractivity (Wildman–Crippen MR) is 77.1 cm³/mol. The summed E-state index contributed by atoms with van der Waals surface area (Å²) in [6.45, 7) is 4.33. The fraction of sp³-hybridized carbons (Fsp3) is 0.533. The van der Waals surface area contributed by atoms with Crippen LogP contribution in [0.2, 0.25) is 0 Å². The quantitative estimate of drug-likeness (QED) is 0.790. The van der Waals surface area contributed by atoms with E-state index in [0.29, 0.717) is 24.9 Å². The third-order valence-electron chi connectivity index (χ3n) is 3.21. The van der Waals surface area contributed by atoms with Gasteiger partial charge in [-0.25, -0.2) is 0 Å². The highest BCUT2D eigenvalue weighted by Gasteiger charge is 2.14. The van der Waals surface area contributed by atoms with Gasteiger partial charge in [0, 0.05) is 12.6 Å². The molecular weight excluding hydrogens is 256 g/mol. The summed E-state index contributed by atoms with van der Waals surface area (Å²) in [4.78, 5) is 11.7. The molecule has 1 unspecified atom stereocenters. The zero-order valence-corrected chi connectivity index (χ0v) is 11.9. The lowest BCUT2D eigenvalue weighted by molar-refractivity contribution is -0.123. The van der Waals surface area contributed by atoms with Gasteiger partial charge in [-0.3, -0.25) is 4.79 Å². The van der Waals surface area contributed by atoms with E-state index < -0.39 is 0 Å². The molecular formula is C15H22N2O3. The van der Waals surface area contributed by atoms with Crippen LogP contribution in [0.1, 0.15) is 19.8 Å². The molecule has 2 rings (SSSR count). The van der Waals surface area contributed by atoms with Gasteiger partial charge in [0.2, 0.25) is 0 Å². The average molecular weight is 278 g/mol. The Morgan fingerprint density at radius 3 is 2.60 bits per heavy atom. The topological polar surface area (TPSA) is 59.6 Å². The van der Waals surface area contributed by atoms with E-state index in [4.69, 9.17) is 9.47 Å². The molecule has 1 aliphatic rings. The van der Waals surface area contributed by atoms with Crippen LogP contribution in [0.3, 0.4) is 0 Å². The second kappa shape index (κ2) is 7.75. The molecule has 20 heavy (non-hydrogen) atoms. The molecule has 1 aliphatic heterocycles. The van der Waals surface area contributed by atoms with E-state index in [1.165, 1.54) is 6.42 Å². The van der Waals surface area contributed by atoms with Crippen molar-refractivity contribution in [1.82, 2.24) is 10.6 Å². The van der Waals surface area contributed by atoms with Crippen LogP contribution in [-0.2, 0) is 4.79 Å². The SMILES string of the molecule is CCOc1ccc(OCC(=O)NCC2CCCN2)cc1. The Morgan fingerprint density at radius 2 is 2.00 bits per heavy atom. The van der Waals surface area contributed by atoms with Gasteiger partial charge in [0.15, 0.2) is 6.61 Å². The molecule has 1 saturated heterocycles. The number of benzene rings is 1. The summed E-state index contributed by atoms with van der Waals surface area (Å²) in [5.74, 6) is 1.38. The van der Waals surface area contributed by atoms with Crippen molar-refractivity contribution < 1.29 is 14.3 Å². The van der Waals surface area contributed by atoms with E-state index in [2.05, 4.69) is 10.6 Å². The molecule has 1 amide bonds. The minimum absolute atomic E-state index is 0.0424. The van der Waals surface area contributed by atoms with Gasteiger partial charge in [-0.1, -0.05) is 0 Å². The molecule has 5 heteroatoms. The molecule has 1 aromatic carbocycles. The number of rotatable bonds is 7. The van der Waals surface area contributed by atoms with Crippen LogP contribution >= 0.6 is 0 Å². The van der Waals surface area contributed by atoms with Crippen molar-refractivity contribution in [2.75, 3.05) is 26.3 Å². The Balaban J connectivity index is 1.66. The normalized spacial score (nSPS) is 17.8. The van der Waals surface area contributed by atoms with E-state index in [1.807, 2.05) is 19.1 Å². The number of carbonyl (C=O) groups excluding carboxylic acids is 1. The van der Waals surface area contributed by atoms with Crippen LogP contribution < -0.4 is 20.1 Å². The molecule has 5 nitrogen and oxygen atoms in total. The molecule has 0 bridgehead atoms. The van der Waals surface area contributed by atoms with E-state index in [9.17, 15) is 4.79 Å². The second-order valence-corrected chi connectivity index (χ2v) is 4.79. The molecule has 0 aromatic heterocycles. The molecule has 2 N–H and O–H groups in total. The number of ether oxygens (including phenoxy) is 2. The Kier molecular flexibility index (Phi) is 5.68. The Bertz CT molecular complexity index is 414. The summed E-state index contributed by atoms with van der Waals surface area (Å²) in [6, 6.07) is 7.68. The molecule has 1 heterocycles. The fourth-order valence-corrected chi connectivity index (χ4v) is 2.17. The van der Waals surface area contributed by atoms with Gasteiger partial charge in [-0.15, -0.1) is 0 Å². The van der Waals surface area contributed by atoms with Gasteiger partial charge in [0.25, 0.3) is 5.91 Å². The van der Waals surface area contributed by atoms with Crippen molar-refractivity contribution in [3.63, 3.8) is 0 Å². The van der Waals surface area contributed by atoms with Crippen molar-refractivity contribution >= 4 is 5.91 Å². The Labute approximate surface area is 119 Å². The van der Waals surface area contributed by atoms with E-state index >= 15 is 0 Å². The lowest BCUT2D eigenvalue weighted by atomic mass is 10.2. The molecule has 1 aromatic rings. The second-order valence-electron chi connectivity index (χ2n) is 4.79. The largest absolute Gasteiger partial charge is 0.494 e. The van der Waals surface area contributed by atoms with Crippen LogP contribution in [0.4, 0.5) is 0 Å². The maximum atomic E-state index is 11.7. The molecule has 1 fully saturated rings. The summed E-state index contributed by atoms with van der Waals surface area (Å²) in [6.07, 6.45) is 2.31. The van der Waals surface area contributed by atoms with Crippen LogP contribution in [0.5, 0.6) is 11.5 Å². The van der Waals surface area contributed by atoms with Crippen LogP contribution in [0.25, 0.3) is 0 Å². The molecule has 110 valence electrons. The number of nitrogens with one attached hydrogen (secondary N) is 2. The summed E-state index contributed by atoms with van der Waals surface area (Å²) in [5, 5.41) is 6.21. The molecule has 0 saturated carbocycles. The number of hydrogen-bond donors (Lipinski definition) is 2. The maximum absolute atomic E-state index is 11.7. The molecule has 0 spiro atoms. The first-order chi connectivity index (χ1) is 9.78. The van der Waals surface area contributed by atoms with E-state index in [-0.39, 0.29) is 12.5 Å². The smallest absolute Gasteiger partial charge is 0.257 e. The maximum Gasteiger partial charge on any atom is 0.257 e. The standard InChI is InChI=1S/C15H22N2O3/c1-2-19-13-5-7-14(8-6-13)20-11-15(18)17-10-12-4-3-9-16-12/h5-8,12,16H,2-4,9-11H2,1H3,(H,17,18). The minimum atomic E-state index is -0.0902. The molecule has 1 atom stereocenters. The number of hydrogen-bond acceptors (Lipinski definition) is 4. The minimum Gasteiger partial charge on any atom is -0.494 e. The summed E-state index contributed by atoms with van der Waals surface area (Å²) in [5.41, 5.74) is 0. The first-order valence-corrected chi connectivity index (χ1v) is 7.13. The first kappa shape index (κ1) is 14.7. The number of carbonyl (C=O) groups is 1. The van der Waals surface area contributed by atoms with Crippen molar-refractivity contribution in [3.8, 4) is 11.5 Å². The van der Waals surface area contributed by atoms with Gasteiger partial charge < -0.3 is 20.1 Å². The monoisotopic (exact) mass is 278 g/mol. The highest BCUT2D eigenvalue weighted by atomic mass is 16.5. The highest BCUT2D eigenvalue weighted by Crippen LogP contribution is 2.17. The van der Waals surface area contributed by atoms with Gasteiger partial charge in [0.1, 0.15) is 11.5 Å². The number of amides is 1. The zero-order valence-electron chi connectivity index (χ0n) is 11.9. The van der Waals surface area contributed by atoms with Crippen LogP contribution in [-0.4, -0.2) is 38.3 Å². The Hall–Kier alpha value is -1.75. The van der Waals surface area contributed by atoms with E-state index in [0.717, 1.165) is 18.7 Å². The lowest BCUT2D eigenvalue weighted by Gasteiger charge is -2.12. The van der Waals surface area contributed by atoms with Gasteiger partial charge >= 0.3 is 0 Å². The summed E-state index contributed by atoms with van der Waals surface area (Å²) < 4.78 is 10.8. The highest BCUT2D eigenvalue weighted by molar-refractivity contribution is 5.77. The zero-order chi connectivity index (χ0) is 14.2. The third-order valence-corrected chi connectivity index (χ3v) is 3.21. The van der Waals surface area contributed by atoms with Crippen molar-refractivity contribution in [2.24, 2.45) is 0 Å². The van der Waals surface area contributed by atoms with Crippen LogP contribution in [0.15, 0.2) is 24.3 Å². The fourth-order valence-electron chi connectivity index (χ4n) is 2.17. The first-order valence-electron chi connectivity index (χ1n) is 7.13. The third kappa shape index (κ3) is 4.74. The Morgan fingerprint density at radius 1 is 1.30 bits per heavy atom. The average Bonchev–Trinajstić information content (AvgIpc) is 2.98. The van der Waals surface area contributed by atoms with Gasteiger partial charge in [-0.05, 0) is 50.6 Å². The summed E-state index contributed by atoms with van der Waals surface area (Å²) >= 11 is 0. The summed E-state index contributed by atoms with van der Waals surface area (Å²) in [7, 11) is 0. The van der Waals surface area contributed by atoms with Crippen molar-refractivity contribution in [2.45, 2.75) is 25.8 Å².